The van der Waals surface area contributed by atoms with Crippen molar-refractivity contribution in [3.05, 3.63) is 60.4 Å². The lowest BCUT2D eigenvalue weighted by molar-refractivity contribution is 0.685. The van der Waals surface area contributed by atoms with Crippen molar-refractivity contribution in [1.82, 2.24) is 9.55 Å². The summed E-state index contributed by atoms with van der Waals surface area (Å²) in [6.07, 6.45) is 0.797. The summed E-state index contributed by atoms with van der Waals surface area (Å²) in [5, 5.41) is 0. The first-order valence-electron chi connectivity index (χ1n) is 7.08. The number of rotatable bonds is 5. The number of nitrogens with two attached hydrogens (primary N) is 1. The summed E-state index contributed by atoms with van der Waals surface area (Å²) in [5.41, 5.74) is 8.47. The normalized spacial score (nSPS) is 12.7. The highest BCUT2D eigenvalue weighted by atomic mass is 32.2. The molecule has 0 radical (unpaired) electrons. The maximum absolute atomic E-state index is 6.27. The molecule has 0 aliphatic rings. The van der Waals surface area contributed by atoms with E-state index in [-0.39, 0.29) is 6.04 Å². The van der Waals surface area contributed by atoms with E-state index in [2.05, 4.69) is 46.9 Å². The Labute approximate surface area is 129 Å². The Morgan fingerprint density at radius 2 is 1.81 bits per heavy atom. The van der Waals surface area contributed by atoms with E-state index in [1.165, 1.54) is 4.90 Å². The maximum Gasteiger partial charge on any atom is 0.111 e. The van der Waals surface area contributed by atoms with Gasteiger partial charge in [0.1, 0.15) is 5.82 Å². The Kier molecular flexibility index (Phi) is 4.27. The molecule has 0 spiro atoms. The molecular weight excluding hydrogens is 278 g/mol. The van der Waals surface area contributed by atoms with Crippen LogP contribution in [0.3, 0.4) is 0 Å². The third-order valence-corrected chi connectivity index (χ3v) is 4.73. The minimum absolute atomic E-state index is 0.103. The number of hydrogen-bond donors (Lipinski definition) is 1. The summed E-state index contributed by atoms with van der Waals surface area (Å²) < 4.78 is 2.14. The summed E-state index contributed by atoms with van der Waals surface area (Å²) in [5.74, 6) is 1.95. The van der Waals surface area contributed by atoms with Gasteiger partial charge in [-0.2, -0.15) is 0 Å². The van der Waals surface area contributed by atoms with Gasteiger partial charge in [0.2, 0.25) is 0 Å². The predicted octanol–water partition coefficient (Wildman–Crippen LogP) is 3.24. The highest BCUT2D eigenvalue weighted by Gasteiger charge is 2.11. The van der Waals surface area contributed by atoms with Crippen LogP contribution in [0.25, 0.3) is 11.0 Å². The molecule has 21 heavy (non-hydrogen) atoms. The predicted molar refractivity (Wildman–Crippen MR) is 89.6 cm³/mol. The number of para-hydroxylation sites is 2. The van der Waals surface area contributed by atoms with Gasteiger partial charge >= 0.3 is 0 Å². The van der Waals surface area contributed by atoms with Gasteiger partial charge in [-0.05, 0) is 24.3 Å². The lowest BCUT2D eigenvalue weighted by Gasteiger charge is -2.11. The zero-order valence-corrected chi connectivity index (χ0v) is 12.9. The van der Waals surface area contributed by atoms with E-state index in [0.29, 0.717) is 0 Å². The molecule has 0 aliphatic carbocycles. The first kappa shape index (κ1) is 14.2. The Hall–Kier alpha value is -1.78. The number of imidazole rings is 1. The van der Waals surface area contributed by atoms with Crippen LogP contribution < -0.4 is 5.73 Å². The van der Waals surface area contributed by atoms with Crippen molar-refractivity contribution in [2.24, 2.45) is 12.8 Å². The third kappa shape index (κ3) is 3.28. The quantitative estimate of drug-likeness (QED) is 0.735. The van der Waals surface area contributed by atoms with Gasteiger partial charge in [0.25, 0.3) is 0 Å². The molecule has 0 saturated carbocycles. The van der Waals surface area contributed by atoms with E-state index in [4.69, 9.17) is 5.73 Å². The summed E-state index contributed by atoms with van der Waals surface area (Å²) in [7, 11) is 2.06. The lowest BCUT2D eigenvalue weighted by Crippen LogP contribution is -2.27. The maximum atomic E-state index is 6.27. The van der Waals surface area contributed by atoms with E-state index in [1.54, 1.807) is 11.8 Å². The minimum Gasteiger partial charge on any atom is -0.331 e. The van der Waals surface area contributed by atoms with Crippen molar-refractivity contribution in [3.63, 3.8) is 0 Å². The van der Waals surface area contributed by atoms with Crippen LogP contribution in [0.1, 0.15) is 5.82 Å². The molecule has 1 unspecified atom stereocenters. The highest BCUT2D eigenvalue weighted by Crippen LogP contribution is 2.19. The van der Waals surface area contributed by atoms with E-state index in [9.17, 15) is 0 Å². The summed E-state index contributed by atoms with van der Waals surface area (Å²) in [6, 6.07) is 18.7. The molecule has 0 saturated heterocycles. The Balaban J connectivity index is 1.66. The second-order valence-electron chi connectivity index (χ2n) is 5.16. The van der Waals surface area contributed by atoms with Crippen LogP contribution in [0.2, 0.25) is 0 Å². The molecule has 108 valence electrons. The van der Waals surface area contributed by atoms with Crippen molar-refractivity contribution in [3.8, 4) is 0 Å². The summed E-state index contributed by atoms with van der Waals surface area (Å²) in [6.45, 7) is 0. The van der Waals surface area contributed by atoms with Crippen LogP contribution in [0.4, 0.5) is 0 Å². The molecular formula is C17H19N3S. The fourth-order valence-corrected chi connectivity index (χ4v) is 3.27. The molecule has 1 heterocycles. The fourth-order valence-electron chi connectivity index (χ4n) is 2.39. The second kappa shape index (κ2) is 6.33. The Morgan fingerprint density at radius 1 is 1.10 bits per heavy atom. The standard InChI is InChI=1S/C17H19N3S/c1-20-16-10-6-5-9-15(16)19-17(20)11-13(18)12-21-14-7-3-2-4-8-14/h2-10,13H,11-12,18H2,1H3. The van der Waals surface area contributed by atoms with Crippen molar-refractivity contribution in [1.29, 1.82) is 0 Å². The zero-order valence-electron chi connectivity index (χ0n) is 12.1. The van der Waals surface area contributed by atoms with Crippen molar-refractivity contribution < 1.29 is 0 Å². The first-order valence-corrected chi connectivity index (χ1v) is 8.06. The van der Waals surface area contributed by atoms with Crippen LogP contribution >= 0.6 is 11.8 Å². The number of fused-ring (bicyclic) bond motifs is 1. The van der Waals surface area contributed by atoms with E-state index < -0.39 is 0 Å². The van der Waals surface area contributed by atoms with E-state index in [0.717, 1.165) is 29.0 Å². The van der Waals surface area contributed by atoms with Gasteiger partial charge in [-0.3, -0.25) is 0 Å². The number of thioether (sulfide) groups is 1. The molecule has 4 heteroatoms. The fraction of sp³-hybridized carbons (Fsp3) is 0.235. The molecule has 0 bridgehead atoms. The molecule has 3 rings (SSSR count). The van der Waals surface area contributed by atoms with Gasteiger partial charge in [0, 0.05) is 30.2 Å². The lowest BCUT2D eigenvalue weighted by atomic mass is 10.2. The first-order chi connectivity index (χ1) is 10.2. The third-order valence-electron chi connectivity index (χ3n) is 3.53. The van der Waals surface area contributed by atoms with E-state index in [1.807, 2.05) is 24.3 Å². The molecule has 3 nitrogen and oxygen atoms in total. The molecule has 1 atom stereocenters. The summed E-state index contributed by atoms with van der Waals surface area (Å²) >= 11 is 1.80. The van der Waals surface area contributed by atoms with Gasteiger partial charge in [0.15, 0.2) is 0 Å². The van der Waals surface area contributed by atoms with Crippen molar-refractivity contribution in [2.75, 3.05) is 5.75 Å². The van der Waals surface area contributed by atoms with Crippen LogP contribution in [0, 0.1) is 0 Å². The average molecular weight is 297 g/mol. The van der Waals surface area contributed by atoms with Gasteiger partial charge in [-0.25, -0.2) is 4.98 Å². The molecule has 0 amide bonds. The Morgan fingerprint density at radius 3 is 2.57 bits per heavy atom. The monoisotopic (exact) mass is 297 g/mol. The van der Waals surface area contributed by atoms with Gasteiger partial charge in [-0.15, -0.1) is 11.8 Å². The molecule has 0 aliphatic heterocycles. The van der Waals surface area contributed by atoms with Crippen LogP contribution in [-0.4, -0.2) is 21.3 Å². The second-order valence-corrected chi connectivity index (χ2v) is 6.26. The van der Waals surface area contributed by atoms with Gasteiger partial charge < -0.3 is 10.3 Å². The number of aromatic nitrogens is 2. The van der Waals surface area contributed by atoms with Crippen LogP contribution in [-0.2, 0) is 13.5 Å². The van der Waals surface area contributed by atoms with Gasteiger partial charge in [-0.1, -0.05) is 30.3 Å². The minimum atomic E-state index is 0.103. The number of hydrogen-bond acceptors (Lipinski definition) is 3. The Bertz CT molecular complexity index is 721. The molecule has 1 aromatic heterocycles. The van der Waals surface area contributed by atoms with Crippen LogP contribution in [0.15, 0.2) is 59.5 Å². The molecule has 2 N–H and O–H groups in total. The SMILES string of the molecule is Cn1c(CC(N)CSc2ccccc2)nc2ccccc21. The smallest absolute Gasteiger partial charge is 0.111 e. The van der Waals surface area contributed by atoms with Gasteiger partial charge in [0.05, 0.1) is 11.0 Å². The molecule has 0 fully saturated rings. The van der Waals surface area contributed by atoms with Crippen LogP contribution in [0.5, 0.6) is 0 Å². The zero-order chi connectivity index (χ0) is 14.7. The topological polar surface area (TPSA) is 43.8 Å². The highest BCUT2D eigenvalue weighted by molar-refractivity contribution is 7.99. The van der Waals surface area contributed by atoms with E-state index >= 15 is 0 Å². The summed E-state index contributed by atoms with van der Waals surface area (Å²) in [4.78, 5) is 5.94. The van der Waals surface area contributed by atoms with Crippen molar-refractivity contribution in [2.45, 2.75) is 17.4 Å². The molecule has 2 aromatic carbocycles. The number of benzene rings is 2. The number of aryl methyl sites for hydroxylation is 1. The largest absolute Gasteiger partial charge is 0.331 e. The van der Waals surface area contributed by atoms with Crippen molar-refractivity contribution >= 4 is 22.8 Å². The number of nitrogens with zero attached hydrogens (tertiary/aromatic N) is 2. The molecule has 3 aromatic rings. The average Bonchev–Trinajstić information content (AvgIpc) is 2.83.